The van der Waals surface area contributed by atoms with Gasteiger partial charge in [0.05, 0.1) is 7.11 Å². The highest BCUT2D eigenvalue weighted by Gasteiger charge is 2.44. The van der Waals surface area contributed by atoms with Crippen LogP contribution in [-0.2, 0) is 6.42 Å². The highest BCUT2D eigenvalue weighted by molar-refractivity contribution is 5.70. The average molecular weight is 407 g/mol. The Balaban J connectivity index is 1.37. The van der Waals surface area contributed by atoms with Crippen LogP contribution < -0.4 is 19.3 Å². The van der Waals surface area contributed by atoms with E-state index >= 15 is 0 Å². The topological polar surface area (TPSA) is 24.9 Å². The first kappa shape index (κ1) is 19.6. The summed E-state index contributed by atoms with van der Waals surface area (Å²) in [6.07, 6.45) is 6.16. The van der Waals surface area contributed by atoms with Crippen molar-refractivity contribution in [1.29, 1.82) is 0 Å². The van der Waals surface area contributed by atoms with E-state index in [1.807, 2.05) is 0 Å². The van der Waals surface area contributed by atoms with E-state index in [0.29, 0.717) is 0 Å². The average Bonchev–Trinajstić information content (AvgIpc) is 3.40. The van der Waals surface area contributed by atoms with Crippen molar-refractivity contribution in [2.45, 2.75) is 58.5 Å². The Morgan fingerprint density at radius 2 is 1.47 bits per heavy atom. The molecule has 0 unspecified atom stereocenters. The summed E-state index contributed by atoms with van der Waals surface area (Å²) in [6.45, 7) is 11.1. The Kier molecular flexibility index (Phi) is 4.83. The van der Waals surface area contributed by atoms with Crippen LogP contribution >= 0.6 is 0 Å². The largest absolute Gasteiger partial charge is 0.497 e. The molecule has 1 aliphatic carbocycles. The molecule has 5 rings (SSSR count). The van der Waals surface area contributed by atoms with E-state index in [2.05, 4.69) is 54.8 Å². The molecule has 1 spiro atoms. The molecule has 0 aromatic heterocycles. The number of rotatable bonds is 3. The molecule has 1 saturated carbocycles. The van der Waals surface area contributed by atoms with Gasteiger partial charge in [-0.05, 0) is 87.4 Å². The van der Waals surface area contributed by atoms with Crippen molar-refractivity contribution >= 4 is 11.4 Å². The number of ether oxygens (including phenoxy) is 2. The summed E-state index contributed by atoms with van der Waals surface area (Å²) in [6, 6.07) is 8.45. The summed E-state index contributed by atoms with van der Waals surface area (Å²) in [5, 5.41) is 0. The Hall–Kier alpha value is -2.36. The van der Waals surface area contributed by atoms with Crippen molar-refractivity contribution in [3.63, 3.8) is 0 Å². The maximum absolute atomic E-state index is 6.65. The molecule has 30 heavy (non-hydrogen) atoms. The molecule has 0 radical (unpaired) electrons. The van der Waals surface area contributed by atoms with Gasteiger partial charge >= 0.3 is 0 Å². The number of methoxy groups -OCH3 is 1. The van der Waals surface area contributed by atoms with Gasteiger partial charge in [-0.2, -0.15) is 0 Å². The molecule has 2 fully saturated rings. The lowest BCUT2D eigenvalue weighted by Gasteiger charge is -2.39. The molecule has 4 heteroatoms. The van der Waals surface area contributed by atoms with Crippen LogP contribution in [0.25, 0.3) is 0 Å². The van der Waals surface area contributed by atoms with Gasteiger partial charge in [0.2, 0.25) is 0 Å². The minimum Gasteiger partial charge on any atom is -0.497 e. The van der Waals surface area contributed by atoms with Gasteiger partial charge in [-0.1, -0.05) is 0 Å². The first-order valence-corrected chi connectivity index (χ1v) is 11.5. The third kappa shape index (κ3) is 3.12. The fraction of sp³-hybridized carbons (Fsp3) is 0.538. The number of piperazine rings is 1. The number of benzene rings is 2. The summed E-state index contributed by atoms with van der Waals surface area (Å²) in [7, 11) is 1.72. The second-order valence-electron chi connectivity index (χ2n) is 9.37. The van der Waals surface area contributed by atoms with Crippen molar-refractivity contribution in [3.05, 3.63) is 46.5 Å². The van der Waals surface area contributed by atoms with Gasteiger partial charge in [0.15, 0.2) is 0 Å². The van der Waals surface area contributed by atoms with Crippen LogP contribution in [0.1, 0.15) is 47.9 Å². The lowest BCUT2D eigenvalue weighted by Crippen LogP contribution is -2.47. The minimum atomic E-state index is 0.0932. The molecular weight excluding hydrogens is 372 g/mol. The molecule has 2 aromatic rings. The third-order valence-corrected chi connectivity index (χ3v) is 7.71. The summed E-state index contributed by atoms with van der Waals surface area (Å²) in [5.41, 5.74) is 8.52. The van der Waals surface area contributed by atoms with E-state index in [0.717, 1.165) is 38.3 Å². The minimum absolute atomic E-state index is 0.0932. The maximum Gasteiger partial charge on any atom is 0.127 e. The number of hydrogen-bond acceptors (Lipinski definition) is 4. The molecule has 2 heterocycles. The summed E-state index contributed by atoms with van der Waals surface area (Å²) in [5.74, 6) is 2.12. The standard InChI is InChI=1S/C26H34N2O2/c1-18-19(2)25-23(17-26(30-25)11-5-6-12-26)20(3)24(18)28-15-13-27(14-16-28)21-7-9-22(29-4)10-8-21/h7-10H,5-6,11-17H2,1-4H3. The highest BCUT2D eigenvalue weighted by atomic mass is 16.5. The molecular formula is C26H34N2O2. The van der Waals surface area contributed by atoms with Crippen LogP contribution in [0.3, 0.4) is 0 Å². The molecule has 0 N–H and O–H groups in total. The van der Waals surface area contributed by atoms with Crippen LogP contribution in [0.5, 0.6) is 11.5 Å². The molecule has 4 nitrogen and oxygen atoms in total. The molecule has 0 bridgehead atoms. The van der Waals surface area contributed by atoms with Crippen molar-refractivity contribution < 1.29 is 9.47 Å². The molecule has 0 amide bonds. The summed E-state index contributed by atoms with van der Waals surface area (Å²) in [4.78, 5) is 5.09. The fourth-order valence-electron chi connectivity index (χ4n) is 5.85. The number of fused-ring (bicyclic) bond motifs is 1. The van der Waals surface area contributed by atoms with Gasteiger partial charge < -0.3 is 19.3 Å². The van der Waals surface area contributed by atoms with E-state index in [4.69, 9.17) is 9.47 Å². The number of hydrogen-bond donors (Lipinski definition) is 0. The van der Waals surface area contributed by atoms with E-state index in [1.165, 1.54) is 65.1 Å². The Morgan fingerprint density at radius 1 is 0.833 bits per heavy atom. The number of nitrogens with zero attached hydrogens (tertiary/aromatic N) is 2. The predicted octanol–water partition coefficient (Wildman–Crippen LogP) is 5.19. The molecule has 160 valence electrons. The van der Waals surface area contributed by atoms with Crippen LogP contribution in [0, 0.1) is 20.8 Å². The first-order chi connectivity index (χ1) is 14.5. The molecule has 0 atom stereocenters. The SMILES string of the molecule is COc1ccc(N2CCN(c3c(C)c(C)c4c(c3C)CC3(CCCC3)O4)CC2)cc1. The Morgan fingerprint density at radius 3 is 2.10 bits per heavy atom. The Bertz CT molecular complexity index is 937. The highest BCUT2D eigenvalue weighted by Crippen LogP contribution is 2.50. The molecule has 2 aromatic carbocycles. The lowest BCUT2D eigenvalue weighted by molar-refractivity contribution is 0.102. The first-order valence-electron chi connectivity index (χ1n) is 11.5. The third-order valence-electron chi connectivity index (χ3n) is 7.71. The van der Waals surface area contributed by atoms with Crippen LogP contribution in [0.4, 0.5) is 11.4 Å². The van der Waals surface area contributed by atoms with Crippen molar-refractivity contribution in [3.8, 4) is 11.5 Å². The normalized spacial score (nSPS) is 19.9. The number of anilines is 2. The Labute approximate surface area is 180 Å². The van der Waals surface area contributed by atoms with E-state index in [9.17, 15) is 0 Å². The molecule has 1 saturated heterocycles. The maximum atomic E-state index is 6.65. The van der Waals surface area contributed by atoms with E-state index in [1.54, 1.807) is 7.11 Å². The summed E-state index contributed by atoms with van der Waals surface area (Å²) < 4.78 is 12.0. The van der Waals surface area contributed by atoms with Gasteiger partial charge in [0.25, 0.3) is 0 Å². The van der Waals surface area contributed by atoms with Crippen LogP contribution in [0.15, 0.2) is 24.3 Å². The zero-order valence-corrected chi connectivity index (χ0v) is 18.9. The second kappa shape index (κ2) is 7.40. The molecule has 3 aliphatic rings. The van der Waals surface area contributed by atoms with Crippen LogP contribution in [0.2, 0.25) is 0 Å². The van der Waals surface area contributed by atoms with Gasteiger partial charge in [-0.3, -0.25) is 0 Å². The lowest BCUT2D eigenvalue weighted by atomic mass is 9.89. The zero-order valence-electron chi connectivity index (χ0n) is 18.9. The summed E-state index contributed by atoms with van der Waals surface area (Å²) >= 11 is 0. The van der Waals surface area contributed by atoms with Crippen molar-refractivity contribution in [2.24, 2.45) is 0 Å². The quantitative estimate of drug-likeness (QED) is 0.700. The van der Waals surface area contributed by atoms with Crippen LogP contribution in [-0.4, -0.2) is 38.9 Å². The van der Waals surface area contributed by atoms with Gasteiger partial charge in [-0.15, -0.1) is 0 Å². The fourth-order valence-corrected chi connectivity index (χ4v) is 5.85. The monoisotopic (exact) mass is 406 g/mol. The second-order valence-corrected chi connectivity index (χ2v) is 9.37. The van der Waals surface area contributed by atoms with Gasteiger partial charge in [-0.25, -0.2) is 0 Å². The molecule has 2 aliphatic heterocycles. The predicted molar refractivity (Wildman–Crippen MR) is 124 cm³/mol. The van der Waals surface area contributed by atoms with Gasteiger partial charge in [0.1, 0.15) is 17.1 Å². The van der Waals surface area contributed by atoms with E-state index < -0.39 is 0 Å². The van der Waals surface area contributed by atoms with Gasteiger partial charge in [0, 0.05) is 49.5 Å². The van der Waals surface area contributed by atoms with Crippen molar-refractivity contribution in [2.75, 3.05) is 43.1 Å². The zero-order chi connectivity index (χ0) is 20.9. The van der Waals surface area contributed by atoms with Crippen molar-refractivity contribution in [1.82, 2.24) is 0 Å². The smallest absolute Gasteiger partial charge is 0.127 e. The van der Waals surface area contributed by atoms with E-state index in [-0.39, 0.29) is 5.60 Å².